The molecule has 2 aromatic heterocycles. The van der Waals surface area contributed by atoms with Crippen molar-refractivity contribution in [2.24, 2.45) is 0 Å². The first-order valence-corrected chi connectivity index (χ1v) is 11.7. The van der Waals surface area contributed by atoms with Crippen LogP contribution in [0.1, 0.15) is 29.9 Å². The van der Waals surface area contributed by atoms with E-state index in [1.165, 1.54) is 34.9 Å². The summed E-state index contributed by atoms with van der Waals surface area (Å²) >= 11 is 0. The monoisotopic (exact) mass is 452 g/mol. The average molecular weight is 453 g/mol. The van der Waals surface area contributed by atoms with Gasteiger partial charge in [-0.1, -0.05) is 12.1 Å². The summed E-state index contributed by atoms with van der Waals surface area (Å²) in [5.41, 5.74) is 2.82. The number of hydrogen-bond acceptors (Lipinski definition) is 5. The van der Waals surface area contributed by atoms with Gasteiger partial charge in [-0.25, -0.2) is 22.8 Å². The zero-order valence-corrected chi connectivity index (χ0v) is 18.4. The van der Waals surface area contributed by atoms with Crippen LogP contribution in [0.2, 0.25) is 0 Å². The second-order valence-corrected chi connectivity index (χ2v) is 9.25. The molecular formula is C23H21FN4O3S. The molecule has 164 valence electrons. The number of carbonyl (C=O) groups is 1. The molecule has 0 aliphatic heterocycles. The van der Waals surface area contributed by atoms with Gasteiger partial charge in [-0.3, -0.25) is 13.5 Å². The summed E-state index contributed by atoms with van der Waals surface area (Å²) in [6.07, 6.45) is 3.07. The summed E-state index contributed by atoms with van der Waals surface area (Å²) in [6, 6.07) is 14.2. The lowest BCUT2D eigenvalue weighted by molar-refractivity contribution is 0.103. The molecule has 0 amide bonds. The second-order valence-electron chi connectivity index (χ2n) is 7.07. The summed E-state index contributed by atoms with van der Waals surface area (Å²) in [5, 5.41) is 0. The number of hydrogen-bond donors (Lipinski definition) is 0. The van der Waals surface area contributed by atoms with Crippen LogP contribution < -0.4 is 4.31 Å². The van der Waals surface area contributed by atoms with Gasteiger partial charge in [-0.2, -0.15) is 0 Å². The van der Waals surface area contributed by atoms with Crippen molar-refractivity contribution in [1.29, 1.82) is 0 Å². The lowest BCUT2D eigenvalue weighted by Gasteiger charge is -2.22. The fourth-order valence-corrected chi connectivity index (χ4v) is 4.69. The molecule has 0 spiro atoms. The Morgan fingerprint density at radius 2 is 1.81 bits per heavy atom. The third kappa shape index (κ3) is 3.87. The predicted molar refractivity (Wildman–Crippen MR) is 121 cm³/mol. The number of sulfonamides is 1. The number of fused-ring (bicyclic) bond motifs is 1. The van der Waals surface area contributed by atoms with Gasteiger partial charge in [0.05, 0.1) is 17.1 Å². The van der Waals surface area contributed by atoms with E-state index in [4.69, 9.17) is 0 Å². The van der Waals surface area contributed by atoms with E-state index in [-0.39, 0.29) is 17.2 Å². The van der Waals surface area contributed by atoms with Crippen LogP contribution in [0.25, 0.3) is 16.9 Å². The molecule has 32 heavy (non-hydrogen) atoms. The number of nitrogens with zero attached hydrogens (tertiary/aromatic N) is 4. The third-order valence-corrected chi connectivity index (χ3v) is 7.04. The van der Waals surface area contributed by atoms with Crippen molar-refractivity contribution in [2.45, 2.75) is 13.8 Å². The average Bonchev–Trinajstić information content (AvgIpc) is 3.24. The molecule has 2 heterocycles. The Morgan fingerprint density at radius 1 is 1.06 bits per heavy atom. The normalized spacial score (nSPS) is 11.6. The van der Waals surface area contributed by atoms with Gasteiger partial charge in [-0.05, 0) is 56.3 Å². The number of anilines is 1. The van der Waals surface area contributed by atoms with E-state index in [1.54, 1.807) is 48.7 Å². The number of ketones is 1. The minimum atomic E-state index is -3.42. The van der Waals surface area contributed by atoms with Crippen LogP contribution in [0, 0.1) is 5.82 Å². The van der Waals surface area contributed by atoms with E-state index in [1.807, 2.05) is 6.07 Å². The topological polar surface area (TPSA) is 84.6 Å². The molecule has 0 aliphatic carbocycles. The van der Waals surface area contributed by atoms with Gasteiger partial charge < -0.3 is 0 Å². The van der Waals surface area contributed by atoms with Crippen molar-refractivity contribution in [1.82, 2.24) is 14.4 Å². The van der Waals surface area contributed by atoms with Crippen LogP contribution in [0.5, 0.6) is 0 Å². The molecule has 0 saturated heterocycles. The van der Waals surface area contributed by atoms with E-state index in [2.05, 4.69) is 9.97 Å². The van der Waals surface area contributed by atoms with Crippen LogP contribution in [0.4, 0.5) is 10.1 Å². The van der Waals surface area contributed by atoms with Crippen molar-refractivity contribution in [2.75, 3.05) is 16.6 Å². The second kappa shape index (κ2) is 8.51. The lowest BCUT2D eigenvalue weighted by Crippen LogP contribution is -2.32. The fourth-order valence-electron chi connectivity index (χ4n) is 3.55. The molecule has 9 heteroatoms. The van der Waals surface area contributed by atoms with Crippen LogP contribution >= 0.6 is 0 Å². The number of halogens is 1. The van der Waals surface area contributed by atoms with Gasteiger partial charge in [0.15, 0.2) is 11.3 Å². The molecule has 0 radical (unpaired) electrons. The van der Waals surface area contributed by atoms with Gasteiger partial charge in [0.25, 0.3) is 0 Å². The molecular weight excluding hydrogens is 431 g/mol. The number of carbonyl (C=O) groups excluding carboxylic acids is 1. The minimum Gasteiger partial charge on any atom is -0.287 e. The van der Waals surface area contributed by atoms with Crippen LogP contribution in [-0.2, 0) is 10.0 Å². The first-order valence-electron chi connectivity index (χ1n) is 10.1. The Balaban J connectivity index is 1.79. The molecule has 0 aliphatic rings. The molecule has 0 atom stereocenters. The maximum Gasteiger partial charge on any atom is 0.234 e. The zero-order chi connectivity index (χ0) is 22.9. The predicted octanol–water partition coefficient (Wildman–Crippen LogP) is 3.94. The Hall–Kier alpha value is -3.59. The maximum absolute atomic E-state index is 13.2. The number of aromatic nitrogens is 3. The van der Waals surface area contributed by atoms with Crippen molar-refractivity contribution < 1.29 is 17.6 Å². The van der Waals surface area contributed by atoms with Crippen molar-refractivity contribution >= 4 is 27.1 Å². The maximum atomic E-state index is 13.2. The van der Waals surface area contributed by atoms with Gasteiger partial charge in [0.1, 0.15) is 12.1 Å². The van der Waals surface area contributed by atoms with E-state index >= 15 is 0 Å². The third-order valence-electron chi connectivity index (χ3n) is 5.17. The first-order chi connectivity index (χ1) is 15.4. The van der Waals surface area contributed by atoms with Crippen LogP contribution in [0.3, 0.4) is 0 Å². The quantitative estimate of drug-likeness (QED) is 0.397. The molecule has 4 aromatic rings. The van der Waals surface area contributed by atoms with Crippen molar-refractivity contribution in [3.63, 3.8) is 0 Å². The smallest absolute Gasteiger partial charge is 0.234 e. The summed E-state index contributed by atoms with van der Waals surface area (Å²) in [4.78, 5) is 21.5. The summed E-state index contributed by atoms with van der Waals surface area (Å²) in [6.45, 7) is 3.71. The highest BCUT2D eigenvalue weighted by Crippen LogP contribution is 2.27. The Labute approximate surface area is 185 Å². The van der Waals surface area contributed by atoms with Gasteiger partial charge in [0.2, 0.25) is 15.8 Å². The Kier molecular flexibility index (Phi) is 5.75. The van der Waals surface area contributed by atoms with Gasteiger partial charge in [0, 0.05) is 23.9 Å². The number of rotatable bonds is 7. The van der Waals surface area contributed by atoms with E-state index in [0.717, 1.165) is 5.56 Å². The molecule has 4 rings (SSSR count). The summed E-state index contributed by atoms with van der Waals surface area (Å²) < 4.78 is 41.2. The minimum absolute atomic E-state index is 0.000940. The zero-order valence-electron chi connectivity index (χ0n) is 17.6. The highest BCUT2D eigenvalue weighted by molar-refractivity contribution is 7.92. The molecule has 0 saturated carbocycles. The van der Waals surface area contributed by atoms with Crippen LogP contribution in [-0.4, -0.2) is 40.9 Å². The number of benzene rings is 2. The molecule has 2 aromatic carbocycles. The van der Waals surface area contributed by atoms with Crippen molar-refractivity contribution in [3.8, 4) is 11.3 Å². The summed E-state index contributed by atoms with van der Waals surface area (Å²) in [5.74, 6) is -0.791. The fraction of sp³-hybridized carbons (Fsp3) is 0.174. The van der Waals surface area contributed by atoms with E-state index < -0.39 is 15.8 Å². The van der Waals surface area contributed by atoms with Gasteiger partial charge >= 0.3 is 0 Å². The highest BCUT2D eigenvalue weighted by Gasteiger charge is 2.21. The number of imidazole rings is 1. The summed E-state index contributed by atoms with van der Waals surface area (Å²) in [7, 11) is -3.42. The molecule has 0 fully saturated rings. The first kappa shape index (κ1) is 21.6. The molecule has 7 nitrogen and oxygen atoms in total. The Bertz CT molecular complexity index is 1400. The van der Waals surface area contributed by atoms with Crippen molar-refractivity contribution in [3.05, 3.63) is 84.2 Å². The van der Waals surface area contributed by atoms with E-state index in [0.29, 0.717) is 29.1 Å². The highest BCUT2D eigenvalue weighted by atomic mass is 32.2. The lowest BCUT2D eigenvalue weighted by atomic mass is 10.1. The SMILES string of the molecule is CCN(c1cccc(-c2ccnc3c(C(=O)c4ccc(F)cc4)ncn23)c1)S(=O)(=O)CC. The van der Waals surface area contributed by atoms with Crippen LogP contribution in [0.15, 0.2) is 67.1 Å². The molecule has 0 bridgehead atoms. The van der Waals surface area contributed by atoms with Gasteiger partial charge in [-0.15, -0.1) is 0 Å². The molecule has 0 N–H and O–H groups in total. The largest absolute Gasteiger partial charge is 0.287 e. The molecule has 0 unspecified atom stereocenters. The standard InChI is InChI=1S/C23H21FN4O3S/c1-3-28(32(30,31)4-2)19-7-5-6-17(14-19)20-12-13-25-23-21(26-15-27(20)23)22(29)16-8-10-18(24)11-9-16/h5-15H,3-4H2,1-2H3. The van der Waals surface area contributed by atoms with E-state index in [9.17, 15) is 17.6 Å². The Morgan fingerprint density at radius 3 is 2.50 bits per heavy atom.